The molecule has 2 N–H and O–H groups in total. The van der Waals surface area contributed by atoms with Crippen LogP contribution in [-0.4, -0.2) is 44.0 Å². The Hall–Kier alpha value is -3.94. The van der Waals surface area contributed by atoms with Crippen LogP contribution in [-0.2, 0) is 0 Å². The topological polar surface area (TPSA) is 105 Å². The molecule has 1 aromatic heterocycles. The second kappa shape index (κ2) is 7.33. The number of anilines is 1. The molecule has 2 amide bonds. The molecule has 0 saturated carbocycles. The molecular weight excluding hydrogens is 408 g/mol. The van der Waals surface area contributed by atoms with E-state index >= 15 is 0 Å². The molecular formula is C24H22N4O4. The van der Waals surface area contributed by atoms with E-state index in [0.29, 0.717) is 12.1 Å². The van der Waals surface area contributed by atoms with E-state index in [-0.39, 0.29) is 23.6 Å². The van der Waals surface area contributed by atoms with E-state index in [2.05, 4.69) is 10.3 Å². The van der Waals surface area contributed by atoms with Gasteiger partial charge in [0.05, 0.1) is 6.04 Å². The van der Waals surface area contributed by atoms with Gasteiger partial charge in [0.25, 0.3) is 11.8 Å². The molecule has 5 rings (SSSR count). The van der Waals surface area contributed by atoms with Crippen LogP contribution >= 0.6 is 0 Å². The molecule has 2 aliphatic rings. The zero-order valence-corrected chi connectivity index (χ0v) is 17.6. The van der Waals surface area contributed by atoms with Crippen molar-refractivity contribution in [2.24, 2.45) is 0 Å². The van der Waals surface area contributed by atoms with Crippen LogP contribution < -0.4 is 10.9 Å². The van der Waals surface area contributed by atoms with Gasteiger partial charge in [0, 0.05) is 24.1 Å². The number of hydrogen-bond donors (Lipinski definition) is 2. The Bertz CT molecular complexity index is 1300. The van der Waals surface area contributed by atoms with Gasteiger partial charge in [-0.05, 0) is 37.1 Å². The third kappa shape index (κ3) is 2.98. The standard InChI is InChI=1S/C24H22N4O4/c1-13(2)27-12-17-18(14-7-4-3-5-8-14)15-9-6-10-16(11-15)21(30)25-24-26-22(31)20(29)19(23(27)32)28(17)24/h3-11,13,17-18,29H,12H2,1-2H3,(H,25,26,30,31)/t17-,18?/m1/s1. The Labute approximate surface area is 184 Å². The molecule has 0 aliphatic carbocycles. The molecule has 162 valence electrons. The number of aromatic nitrogens is 2. The molecule has 32 heavy (non-hydrogen) atoms. The first-order chi connectivity index (χ1) is 15.4. The summed E-state index contributed by atoms with van der Waals surface area (Å²) in [5.41, 5.74) is 1.19. The fraction of sp³-hybridized carbons (Fsp3) is 0.250. The monoisotopic (exact) mass is 430 g/mol. The van der Waals surface area contributed by atoms with Crippen molar-refractivity contribution < 1.29 is 14.7 Å². The Morgan fingerprint density at radius 2 is 1.75 bits per heavy atom. The number of nitrogens with zero attached hydrogens (tertiary/aromatic N) is 3. The molecule has 2 atom stereocenters. The van der Waals surface area contributed by atoms with Crippen molar-refractivity contribution in [3.8, 4) is 5.75 Å². The fourth-order valence-corrected chi connectivity index (χ4v) is 4.69. The largest absolute Gasteiger partial charge is 0.501 e. The highest BCUT2D eigenvalue weighted by atomic mass is 16.3. The summed E-state index contributed by atoms with van der Waals surface area (Å²) in [6, 6.07) is 16.5. The van der Waals surface area contributed by atoms with Crippen LogP contribution in [0.4, 0.5) is 5.95 Å². The SMILES string of the molecule is CC(C)N1C[C@@H]2C(c3ccccc3)c3cccc(c3)C(=O)Nc3nc(=O)c(O)c(n32)C1=O. The molecule has 3 heterocycles. The molecule has 2 aliphatic heterocycles. The predicted octanol–water partition coefficient (Wildman–Crippen LogP) is 2.75. The first kappa shape index (κ1) is 20.0. The lowest BCUT2D eigenvalue weighted by Gasteiger charge is -2.42. The van der Waals surface area contributed by atoms with Gasteiger partial charge in [0.2, 0.25) is 11.7 Å². The van der Waals surface area contributed by atoms with Crippen molar-refractivity contribution >= 4 is 17.8 Å². The van der Waals surface area contributed by atoms with E-state index in [1.807, 2.05) is 62.4 Å². The Balaban J connectivity index is 1.88. The second-order valence-corrected chi connectivity index (χ2v) is 8.39. The van der Waals surface area contributed by atoms with Crippen LogP contribution in [0.25, 0.3) is 0 Å². The quantitative estimate of drug-likeness (QED) is 0.651. The molecule has 2 aromatic carbocycles. The number of amides is 2. The van der Waals surface area contributed by atoms with Crippen molar-refractivity contribution in [3.05, 3.63) is 87.3 Å². The van der Waals surface area contributed by atoms with Crippen molar-refractivity contribution in [3.63, 3.8) is 0 Å². The summed E-state index contributed by atoms with van der Waals surface area (Å²) in [5, 5.41) is 13.3. The average molecular weight is 430 g/mol. The van der Waals surface area contributed by atoms with Crippen molar-refractivity contribution in [1.29, 1.82) is 0 Å². The second-order valence-electron chi connectivity index (χ2n) is 8.39. The zero-order chi connectivity index (χ0) is 22.6. The van der Waals surface area contributed by atoms with Crippen LogP contribution in [0.1, 0.15) is 57.8 Å². The van der Waals surface area contributed by atoms with Crippen LogP contribution in [0.15, 0.2) is 59.4 Å². The van der Waals surface area contributed by atoms with Gasteiger partial charge < -0.3 is 10.0 Å². The summed E-state index contributed by atoms with van der Waals surface area (Å²) in [5.74, 6) is -1.93. The number of carbonyl (C=O) groups is 2. The van der Waals surface area contributed by atoms with E-state index in [1.54, 1.807) is 11.0 Å². The molecule has 3 aromatic rings. The lowest BCUT2D eigenvalue weighted by molar-refractivity contribution is 0.0588. The van der Waals surface area contributed by atoms with Crippen molar-refractivity contribution in [2.75, 3.05) is 11.9 Å². The molecule has 2 bridgehead atoms. The number of nitrogens with one attached hydrogen (secondary N) is 1. The van der Waals surface area contributed by atoms with Gasteiger partial charge in [-0.1, -0.05) is 42.5 Å². The summed E-state index contributed by atoms with van der Waals surface area (Å²) in [7, 11) is 0. The number of carbonyl (C=O) groups excluding carboxylic acids is 2. The number of rotatable bonds is 2. The Morgan fingerprint density at radius 3 is 2.47 bits per heavy atom. The minimum absolute atomic E-state index is 0.0436. The maximum Gasteiger partial charge on any atom is 0.317 e. The molecule has 0 radical (unpaired) electrons. The summed E-state index contributed by atoms with van der Waals surface area (Å²) in [4.78, 5) is 44.3. The first-order valence-electron chi connectivity index (χ1n) is 10.5. The zero-order valence-electron chi connectivity index (χ0n) is 17.6. The molecule has 8 nitrogen and oxygen atoms in total. The highest BCUT2D eigenvalue weighted by Crippen LogP contribution is 2.42. The normalized spacial score (nSPS) is 19.7. The third-order valence-corrected chi connectivity index (χ3v) is 6.18. The average Bonchev–Trinajstić information content (AvgIpc) is 2.81. The van der Waals surface area contributed by atoms with Crippen molar-refractivity contribution in [1.82, 2.24) is 14.5 Å². The molecule has 0 fully saturated rings. The number of hydrogen-bond acceptors (Lipinski definition) is 5. The minimum atomic E-state index is -0.952. The Kier molecular flexibility index (Phi) is 4.58. The summed E-state index contributed by atoms with van der Waals surface area (Å²) in [6.07, 6.45) is 0. The number of aromatic hydroxyl groups is 1. The lowest BCUT2D eigenvalue weighted by atomic mass is 9.83. The van der Waals surface area contributed by atoms with E-state index in [1.165, 1.54) is 4.57 Å². The predicted molar refractivity (Wildman–Crippen MR) is 118 cm³/mol. The lowest BCUT2D eigenvalue weighted by Crippen LogP contribution is -2.49. The maximum absolute atomic E-state index is 13.3. The van der Waals surface area contributed by atoms with Crippen LogP contribution in [0, 0.1) is 0 Å². The number of fused-ring (bicyclic) bond motifs is 2. The smallest absolute Gasteiger partial charge is 0.317 e. The van der Waals surface area contributed by atoms with Gasteiger partial charge in [0.15, 0.2) is 5.69 Å². The van der Waals surface area contributed by atoms with Crippen LogP contribution in [0.5, 0.6) is 5.75 Å². The fourth-order valence-electron chi connectivity index (χ4n) is 4.69. The van der Waals surface area contributed by atoms with Gasteiger partial charge in [-0.2, -0.15) is 4.98 Å². The molecule has 0 saturated heterocycles. The van der Waals surface area contributed by atoms with E-state index < -0.39 is 29.2 Å². The van der Waals surface area contributed by atoms with E-state index in [9.17, 15) is 19.5 Å². The minimum Gasteiger partial charge on any atom is -0.501 e. The summed E-state index contributed by atoms with van der Waals surface area (Å²) < 4.78 is 1.53. The van der Waals surface area contributed by atoms with E-state index in [0.717, 1.165) is 11.1 Å². The molecule has 8 heteroatoms. The van der Waals surface area contributed by atoms with Gasteiger partial charge in [0.1, 0.15) is 0 Å². The van der Waals surface area contributed by atoms with Crippen LogP contribution in [0.2, 0.25) is 0 Å². The number of benzene rings is 2. The highest BCUT2D eigenvalue weighted by Gasteiger charge is 2.42. The van der Waals surface area contributed by atoms with Gasteiger partial charge in [-0.25, -0.2) is 0 Å². The van der Waals surface area contributed by atoms with Gasteiger partial charge in [-0.15, -0.1) is 0 Å². The van der Waals surface area contributed by atoms with Gasteiger partial charge >= 0.3 is 5.56 Å². The molecule has 1 unspecified atom stereocenters. The molecule has 0 spiro atoms. The first-order valence-corrected chi connectivity index (χ1v) is 10.5. The third-order valence-electron chi connectivity index (χ3n) is 6.18. The van der Waals surface area contributed by atoms with Crippen LogP contribution in [0.3, 0.4) is 0 Å². The summed E-state index contributed by atoms with van der Waals surface area (Å²) in [6.45, 7) is 4.10. The maximum atomic E-state index is 13.3. The van der Waals surface area contributed by atoms with Gasteiger partial charge in [-0.3, -0.25) is 24.3 Å². The Morgan fingerprint density at radius 1 is 1.03 bits per heavy atom. The van der Waals surface area contributed by atoms with Crippen molar-refractivity contribution in [2.45, 2.75) is 31.8 Å². The summed E-state index contributed by atoms with van der Waals surface area (Å²) >= 11 is 0. The highest BCUT2D eigenvalue weighted by molar-refractivity contribution is 6.04. The van der Waals surface area contributed by atoms with E-state index in [4.69, 9.17) is 0 Å².